The van der Waals surface area contributed by atoms with Crippen LogP contribution in [-0.2, 0) is 6.61 Å². The third kappa shape index (κ3) is 2.07. The number of hydrogen-bond acceptors (Lipinski definition) is 3. The van der Waals surface area contributed by atoms with E-state index in [1.807, 2.05) is 43.3 Å². The molecule has 2 aromatic heterocycles. The number of para-hydroxylation sites is 1. The van der Waals surface area contributed by atoms with Crippen LogP contribution in [0.15, 0.2) is 53.2 Å². The van der Waals surface area contributed by atoms with Gasteiger partial charge in [-0.3, -0.25) is 4.98 Å². The minimum Gasteiger partial charge on any atom is -0.484 e. The maximum absolute atomic E-state index is 5.78. The molecule has 0 aliphatic carbocycles. The SMILES string of the molecule is Cc1cccc2cc(COc3cccnc3)oc12. The second-order valence-corrected chi connectivity index (χ2v) is 4.18. The highest BCUT2D eigenvalue weighted by molar-refractivity contribution is 5.80. The van der Waals surface area contributed by atoms with Gasteiger partial charge in [-0.05, 0) is 30.7 Å². The van der Waals surface area contributed by atoms with E-state index in [0.717, 1.165) is 28.0 Å². The number of aromatic nitrogens is 1. The summed E-state index contributed by atoms with van der Waals surface area (Å²) in [6.07, 6.45) is 3.41. The van der Waals surface area contributed by atoms with Crippen LogP contribution in [0.2, 0.25) is 0 Å². The van der Waals surface area contributed by atoms with Gasteiger partial charge in [0.25, 0.3) is 0 Å². The maximum atomic E-state index is 5.78. The average molecular weight is 239 g/mol. The third-order valence-corrected chi connectivity index (χ3v) is 2.81. The number of rotatable bonds is 3. The molecule has 0 atom stereocenters. The highest BCUT2D eigenvalue weighted by atomic mass is 16.5. The fourth-order valence-electron chi connectivity index (χ4n) is 1.92. The minimum atomic E-state index is 0.416. The van der Waals surface area contributed by atoms with Gasteiger partial charge in [-0.15, -0.1) is 0 Å². The Bertz CT molecular complexity index is 659. The first-order valence-corrected chi connectivity index (χ1v) is 5.84. The molecule has 3 nitrogen and oxygen atoms in total. The molecular weight excluding hydrogens is 226 g/mol. The van der Waals surface area contributed by atoms with E-state index < -0.39 is 0 Å². The largest absolute Gasteiger partial charge is 0.484 e. The molecule has 0 saturated heterocycles. The highest BCUT2D eigenvalue weighted by Gasteiger charge is 2.06. The zero-order valence-corrected chi connectivity index (χ0v) is 10.1. The van der Waals surface area contributed by atoms with E-state index in [4.69, 9.17) is 9.15 Å². The summed E-state index contributed by atoms with van der Waals surface area (Å²) < 4.78 is 11.4. The van der Waals surface area contributed by atoms with E-state index in [0.29, 0.717) is 6.61 Å². The molecule has 18 heavy (non-hydrogen) atoms. The zero-order chi connectivity index (χ0) is 12.4. The summed E-state index contributed by atoms with van der Waals surface area (Å²) in [6.45, 7) is 2.46. The van der Waals surface area contributed by atoms with Gasteiger partial charge in [0.2, 0.25) is 0 Å². The molecule has 90 valence electrons. The van der Waals surface area contributed by atoms with Crippen molar-refractivity contribution in [1.29, 1.82) is 0 Å². The van der Waals surface area contributed by atoms with E-state index >= 15 is 0 Å². The van der Waals surface area contributed by atoms with Crippen molar-refractivity contribution >= 4 is 11.0 Å². The number of ether oxygens (including phenoxy) is 1. The molecule has 0 bridgehead atoms. The summed E-state index contributed by atoms with van der Waals surface area (Å²) in [5, 5.41) is 1.11. The van der Waals surface area contributed by atoms with Crippen molar-refractivity contribution in [3.05, 3.63) is 60.1 Å². The Kier molecular flexibility index (Phi) is 2.73. The number of furan rings is 1. The predicted molar refractivity (Wildman–Crippen MR) is 69.5 cm³/mol. The molecule has 3 rings (SSSR count). The lowest BCUT2D eigenvalue weighted by atomic mass is 10.2. The summed E-state index contributed by atoms with van der Waals surface area (Å²) >= 11 is 0. The lowest BCUT2D eigenvalue weighted by molar-refractivity contribution is 0.273. The Hall–Kier alpha value is -2.29. The van der Waals surface area contributed by atoms with Crippen LogP contribution in [0.5, 0.6) is 5.75 Å². The Morgan fingerprint density at radius 1 is 1.22 bits per heavy atom. The second-order valence-electron chi connectivity index (χ2n) is 4.18. The monoisotopic (exact) mass is 239 g/mol. The van der Waals surface area contributed by atoms with Gasteiger partial charge >= 0.3 is 0 Å². The Morgan fingerprint density at radius 3 is 2.94 bits per heavy atom. The average Bonchev–Trinajstić information content (AvgIpc) is 2.82. The third-order valence-electron chi connectivity index (χ3n) is 2.81. The van der Waals surface area contributed by atoms with Gasteiger partial charge in [-0.1, -0.05) is 18.2 Å². The van der Waals surface area contributed by atoms with Gasteiger partial charge in [0.15, 0.2) is 0 Å². The standard InChI is InChI=1S/C15H13NO2/c1-11-4-2-5-12-8-14(18-15(11)12)10-17-13-6-3-7-16-9-13/h2-9H,10H2,1H3. The summed E-state index contributed by atoms with van der Waals surface area (Å²) in [5.41, 5.74) is 2.07. The van der Waals surface area contributed by atoms with Crippen LogP contribution in [0.4, 0.5) is 0 Å². The minimum absolute atomic E-state index is 0.416. The molecule has 0 saturated carbocycles. The van der Waals surface area contributed by atoms with Crippen molar-refractivity contribution in [1.82, 2.24) is 4.98 Å². The van der Waals surface area contributed by atoms with E-state index in [1.54, 1.807) is 12.4 Å². The molecule has 0 radical (unpaired) electrons. The van der Waals surface area contributed by atoms with Crippen LogP contribution in [0.3, 0.4) is 0 Å². The first kappa shape index (κ1) is 10.8. The van der Waals surface area contributed by atoms with Crippen molar-refractivity contribution in [2.45, 2.75) is 13.5 Å². The summed E-state index contributed by atoms with van der Waals surface area (Å²) in [5.74, 6) is 1.57. The molecule has 3 aromatic rings. The van der Waals surface area contributed by atoms with Gasteiger partial charge in [0, 0.05) is 11.6 Å². The number of fused-ring (bicyclic) bond motifs is 1. The van der Waals surface area contributed by atoms with Crippen molar-refractivity contribution < 1.29 is 9.15 Å². The lowest BCUT2D eigenvalue weighted by Gasteiger charge is -2.02. The van der Waals surface area contributed by atoms with E-state index in [1.165, 1.54) is 0 Å². The number of benzene rings is 1. The topological polar surface area (TPSA) is 35.3 Å². The van der Waals surface area contributed by atoms with Crippen LogP contribution < -0.4 is 4.74 Å². The molecule has 0 aliphatic rings. The molecule has 0 amide bonds. The van der Waals surface area contributed by atoms with Gasteiger partial charge in [-0.25, -0.2) is 0 Å². The maximum Gasteiger partial charge on any atom is 0.146 e. The Labute approximate surface area is 105 Å². The highest BCUT2D eigenvalue weighted by Crippen LogP contribution is 2.23. The quantitative estimate of drug-likeness (QED) is 0.698. The molecule has 1 aromatic carbocycles. The number of aryl methyl sites for hydroxylation is 1. The van der Waals surface area contributed by atoms with Crippen LogP contribution in [0.25, 0.3) is 11.0 Å². The first-order valence-electron chi connectivity index (χ1n) is 5.84. The van der Waals surface area contributed by atoms with Crippen LogP contribution in [0, 0.1) is 6.92 Å². The first-order chi connectivity index (χ1) is 8.83. The molecule has 0 aliphatic heterocycles. The molecule has 2 heterocycles. The molecule has 0 unspecified atom stereocenters. The van der Waals surface area contributed by atoms with Crippen molar-refractivity contribution in [3.63, 3.8) is 0 Å². The van der Waals surface area contributed by atoms with Gasteiger partial charge in [-0.2, -0.15) is 0 Å². The smallest absolute Gasteiger partial charge is 0.146 e. The van der Waals surface area contributed by atoms with E-state index in [9.17, 15) is 0 Å². The molecule has 3 heteroatoms. The Morgan fingerprint density at radius 2 is 2.17 bits per heavy atom. The second kappa shape index (κ2) is 4.53. The Balaban J connectivity index is 1.81. The summed E-state index contributed by atoms with van der Waals surface area (Å²) in [6, 6.07) is 11.8. The fraction of sp³-hybridized carbons (Fsp3) is 0.133. The van der Waals surface area contributed by atoms with Crippen molar-refractivity contribution in [3.8, 4) is 5.75 Å². The zero-order valence-electron chi connectivity index (χ0n) is 10.1. The normalized spacial score (nSPS) is 10.7. The van der Waals surface area contributed by atoms with Crippen molar-refractivity contribution in [2.24, 2.45) is 0 Å². The van der Waals surface area contributed by atoms with E-state index in [2.05, 4.69) is 4.98 Å². The summed E-state index contributed by atoms with van der Waals surface area (Å²) in [7, 11) is 0. The number of nitrogens with zero attached hydrogens (tertiary/aromatic N) is 1. The molecular formula is C15H13NO2. The molecule has 0 fully saturated rings. The molecule has 0 spiro atoms. The fourth-order valence-corrected chi connectivity index (χ4v) is 1.92. The summed E-state index contributed by atoms with van der Waals surface area (Å²) in [4.78, 5) is 4.00. The van der Waals surface area contributed by atoms with Crippen molar-refractivity contribution in [2.75, 3.05) is 0 Å². The van der Waals surface area contributed by atoms with Crippen LogP contribution in [-0.4, -0.2) is 4.98 Å². The van der Waals surface area contributed by atoms with Crippen LogP contribution in [0.1, 0.15) is 11.3 Å². The number of hydrogen-bond donors (Lipinski definition) is 0. The van der Waals surface area contributed by atoms with E-state index in [-0.39, 0.29) is 0 Å². The number of pyridine rings is 1. The predicted octanol–water partition coefficient (Wildman–Crippen LogP) is 3.72. The van der Waals surface area contributed by atoms with Crippen LogP contribution >= 0.6 is 0 Å². The lowest BCUT2D eigenvalue weighted by Crippen LogP contribution is -1.93. The van der Waals surface area contributed by atoms with Gasteiger partial charge in [0.05, 0.1) is 6.20 Å². The molecule has 0 N–H and O–H groups in total. The van der Waals surface area contributed by atoms with Gasteiger partial charge < -0.3 is 9.15 Å². The van der Waals surface area contributed by atoms with Gasteiger partial charge in [0.1, 0.15) is 23.7 Å².